The molecule has 0 aromatic heterocycles. The molecular weight excluding hydrogens is 355 g/mol. The number of halogens is 2. The molecule has 0 atom stereocenters. The van der Waals surface area contributed by atoms with Gasteiger partial charge in [0.05, 0.1) is 16.3 Å². The molecular formula is C16H12Cl2N2O4. The Morgan fingerprint density at radius 2 is 1.83 bits per heavy atom. The molecule has 0 spiro atoms. The monoisotopic (exact) mass is 366 g/mol. The summed E-state index contributed by atoms with van der Waals surface area (Å²) in [5, 5.41) is 13.0. The minimum Gasteiger partial charge on any atom is -0.482 e. The number of ether oxygens (including phenoxy) is 1. The van der Waals surface area contributed by atoms with Crippen molar-refractivity contribution in [3.05, 3.63) is 63.6 Å². The Hall–Kier alpha value is -2.57. The fourth-order valence-corrected chi connectivity index (χ4v) is 1.96. The number of benzene rings is 2. The zero-order chi connectivity index (χ0) is 17.5. The molecule has 0 radical (unpaired) electrons. The van der Waals surface area contributed by atoms with Crippen molar-refractivity contribution in [2.45, 2.75) is 0 Å². The van der Waals surface area contributed by atoms with Crippen LogP contribution in [0.5, 0.6) is 5.75 Å². The first kappa shape index (κ1) is 17.8. The SMILES string of the molecule is O=C(O)COc1ccc(/C=N\NC(=O)c2ccc(Cl)c(Cl)c2)cc1. The first-order valence-electron chi connectivity index (χ1n) is 6.69. The van der Waals surface area contributed by atoms with Gasteiger partial charge in [0.2, 0.25) is 0 Å². The molecule has 1 amide bonds. The predicted molar refractivity (Wildman–Crippen MR) is 91.1 cm³/mol. The summed E-state index contributed by atoms with van der Waals surface area (Å²) in [6.07, 6.45) is 1.44. The zero-order valence-electron chi connectivity index (χ0n) is 12.2. The summed E-state index contributed by atoms with van der Waals surface area (Å²) in [5.41, 5.74) is 3.40. The molecule has 2 aromatic rings. The number of nitrogens with zero attached hydrogens (tertiary/aromatic N) is 1. The lowest BCUT2D eigenvalue weighted by Crippen LogP contribution is -2.17. The van der Waals surface area contributed by atoms with Gasteiger partial charge in [-0.25, -0.2) is 10.2 Å². The number of aliphatic carboxylic acids is 1. The number of rotatable bonds is 6. The summed E-state index contributed by atoms with van der Waals surface area (Å²) < 4.78 is 5.01. The Balaban J connectivity index is 1.92. The molecule has 2 aromatic carbocycles. The Morgan fingerprint density at radius 1 is 1.12 bits per heavy atom. The van der Waals surface area contributed by atoms with Crippen LogP contribution in [0.3, 0.4) is 0 Å². The molecule has 0 bridgehead atoms. The van der Waals surface area contributed by atoms with Crippen molar-refractivity contribution in [2.24, 2.45) is 5.10 Å². The van der Waals surface area contributed by atoms with Crippen molar-refractivity contribution in [2.75, 3.05) is 6.61 Å². The van der Waals surface area contributed by atoms with Crippen LogP contribution in [0, 0.1) is 0 Å². The van der Waals surface area contributed by atoms with Crippen LogP contribution in [0.15, 0.2) is 47.6 Å². The minimum atomic E-state index is -1.05. The summed E-state index contributed by atoms with van der Waals surface area (Å²) in [6.45, 7) is -0.410. The molecule has 24 heavy (non-hydrogen) atoms. The molecule has 0 unspecified atom stereocenters. The average molecular weight is 367 g/mol. The number of carboxylic acids is 1. The van der Waals surface area contributed by atoms with E-state index < -0.39 is 18.5 Å². The molecule has 0 saturated carbocycles. The molecule has 0 aliphatic rings. The number of hydrogen-bond donors (Lipinski definition) is 2. The molecule has 0 aliphatic heterocycles. The number of amides is 1. The summed E-state index contributed by atoms with van der Waals surface area (Å²) >= 11 is 11.6. The van der Waals surface area contributed by atoms with Crippen LogP contribution >= 0.6 is 23.2 Å². The van der Waals surface area contributed by atoms with Crippen LogP contribution in [-0.4, -0.2) is 29.8 Å². The summed E-state index contributed by atoms with van der Waals surface area (Å²) in [4.78, 5) is 22.3. The normalized spacial score (nSPS) is 10.6. The van der Waals surface area contributed by atoms with Crippen LogP contribution in [0.1, 0.15) is 15.9 Å². The van der Waals surface area contributed by atoms with E-state index in [1.807, 2.05) is 0 Å². The summed E-state index contributed by atoms with van der Waals surface area (Å²) in [7, 11) is 0. The van der Waals surface area contributed by atoms with Crippen LogP contribution in [0.25, 0.3) is 0 Å². The molecule has 2 N–H and O–H groups in total. The quantitative estimate of drug-likeness (QED) is 0.606. The standard InChI is InChI=1S/C16H12Cl2N2O4/c17-13-6-3-11(7-14(13)18)16(23)20-19-8-10-1-4-12(5-2-10)24-9-15(21)22/h1-8H,9H2,(H,20,23)(H,21,22)/b19-8-. The zero-order valence-corrected chi connectivity index (χ0v) is 13.7. The number of hydrogen-bond acceptors (Lipinski definition) is 4. The number of hydrazone groups is 1. The largest absolute Gasteiger partial charge is 0.482 e. The Morgan fingerprint density at radius 3 is 2.46 bits per heavy atom. The minimum absolute atomic E-state index is 0.283. The third-order valence-corrected chi connectivity index (χ3v) is 3.54. The van der Waals surface area contributed by atoms with Crippen molar-refractivity contribution in [3.63, 3.8) is 0 Å². The molecule has 2 rings (SSSR count). The Bertz CT molecular complexity index is 776. The van der Waals surface area contributed by atoms with E-state index in [-0.39, 0.29) is 5.02 Å². The van der Waals surface area contributed by atoms with Gasteiger partial charge in [0, 0.05) is 5.56 Å². The van der Waals surface area contributed by atoms with E-state index in [0.29, 0.717) is 21.9 Å². The first-order valence-corrected chi connectivity index (χ1v) is 7.44. The van der Waals surface area contributed by atoms with Gasteiger partial charge in [-0.05, 0) is 48.0 Å². The van der Waals surface area contributed by atoms with E-state index in [9.17, 15) is 9.59 Å². The Kier molecular flexibility index (Phi) is 6.17. The fraction of sp³-hybridized carbons (Fsp3) is 0.0625. The van der Waals surface area contributed by atoms with Gasteiger partial charge in [-0.15, -0.1) is 0 Å². The van der Waals surface area contributed by atoms with Gasteiger partial charge in [-0.3, -0.25) is 4.79 Å². The van der Waals surface area contributed by atoms with Gasteiger partial charge in [-0.1, -0.05) is 23.2 Å². The van der Waals surface area contributed by atoms with E-state index in [1.54, 1.807) is 24.3 Å². The molecule has 8 heteroatoms. The van der Waals surface area contributed by atoms with E-state index in [1.165, 1.54) is 24.4 Å². The van der Waals surface area contributed by atoms with E-state index >= 15 is 0 Å². The molecule has 6 nitrogen and oxygen atoms in total. The van der Waals surface area contributed by atoms with Gasteiger partial charge in [-0.2, -0.15) is 5.10 Å². The highest BCUT2D eigenvalue weighted by atomic mass is 35.5. The molecule has 0 aliphatic carbocycles. The van der Waals surface area contributed by atoms with Gasteiger partial charge in [0.1, 0.15) is 5.75 Å². The maximum atomic E-state index is 11.9. The number of carbonyl (C=O) groups excluding carboxylic acids is 1. The predicted octanol–water partition coefficient (Wildman–Crippen LogP) is 3.22. The lowest BCUT2D eigenvalue weighted by molar-refractivity contribution is -0.139. The van der Waals surface area contributed by atoms with E-state index in [4.69, 9.17) is 33.0 Å². The third-order valence-electron chi connectivity index (χ3n) is 2.80. The van der Waals surface area contributed by atoms with Gasteiger partial charge in [0.15, 0.2) is 6.61 Å². The van der Waals surface area contributed by atoms with Crippen LogP contribution in [-0.2, 0) is 4.79 Å². The first-order chi connectivity index (χ1) is 11.5. The maximum Gasteiger partial charge on any atom is 0.341 e. The van der Waals surface area contributed by atoms with Gasteiger partial charge >= 0.3 is 5.97 Å². The van der Waals surface area contributed by atoms with Crippen molar-refractivity contribution >= 4 is 41.3 Å². The number of carboxylic acid groups (broad SMARTS) is 1. The summed E-state index contributed by atoms with van der Waals surface area (Å²) in [5.74, 6) is -1.05. The number of carbonyl (C=O) groups is 2. The second-order valence-electron chi connectivity index (χ2n) is 4.58. The second kappa shape index (κ2) is 8.33. The third kappa shape index (κ3) is 5.26. The van der Waals surface area contributed by atoms with Crippen LogP contribution in [0.2, 0.25) is 10.0 Å². The fourth-order valence-electron chi connectivity index (χ4n) is 1.66. The highest BCUT2D eigenvalue weighted by Crippen LogP contribution is 2.22. The highest BCUT2D eigenvalue weighted by Gasteiger charge is 2.06. The van der Waals surface area contributed by atoms with Crippen molar-refractivity contribution in [1.29, 1.82) is 0 Å². The molecule has 0 fully saturated rings. The average Bonchev–Trinajstić information content (AvgIpc) is 2.56. The smallest absolute Gasteiger partial charge is 0.341 e. The van der Waals surface area contributed by atoms with Gasteiger partial charge < -0.3 is 9.84 Å². The topological polar surface area (TPSA) is 88.0 Å². The highest BCUT2D eigenvalue weighted by molar-refractivity contribution is 6.42. The molecule has 124 valence electrons. The Labute approximate surface area is 147 Å². The molecule has 0 saturated heterocycles. The van der Waals surface area contributed by atoms with Crippen molar-refractivity contribution in [3.8, 4) is 5.75 Å². The lowest BCUT2D eigenvalue weighted by Gasteiger charge is -2.03. The van der Waals surface area contributed by atoms with Crippen molar-refractivity contribution in [1.82, 2.24) is 5.43 Å². The van der Waals surface area contributed by atoms with Crippen LogP contribution in [0.4, 0.5) is 0 Å². The van der Waals surface area contributed by atoms with E-state index in [2.05, 4.69) is 10.5 Å². The van der Waals surface area contributed by atoms with Gasteiger partial charge in [0.25, 0.3) is 5.91 Å². The number of nitrogens with one attached hydrogen (secondary N) is 1. The maximum absolute atomic E-state index is 11.9. The second-order valence-corrected chi connectivity index (χ2v) is 5.39. The van der Waals surface area contributed by atoms with E-state index in [0.717, 1.165) is 0 Å². The van der Waals surface area contributed by atoms with Crippen molar-refractivity contribution < 1.29 is 19.4 Å². The summed E-state index contributed by atoms with van der Waals surface area (Å²) in [6, 6.07) is 11.1. The molecule has 0 heterocycles. The van der Waals surface area contributed by atoms with Crippen LogP contribution < -0.4 is 10.2 Å². The lowest BCUT2D eigenvalue weighted by atomic mass is 10.2.